The maximum absolute atomic E-state index is 12.5. The average molecular weight is 341 g/mol. The van der Waals surface area contributed by atoms with Crippen molar-refractivity contribution in [3.05, 3.63) is 29.8 Å². The summed E-state index contributed by atoms with van der Waals surface area (Å²) < 4.78 is 5.69. The molecule has 1 heterocycles. The zero-order valence-corrected chi connectivity index (χ0v) is 15.2. The fraction of sp³-hybridized carbons (Fsp3) is 0.611. The van der Waals surface area contributed by atoms with Gasteiger partial charge >= 0.3 is 0 Å². The van der Waals surface area contributed by atoms with Crippen LogP contribution in [-0.4, -0.2) is 44.1 Å². The molecule has 1 unspecified atom stereocenters. The summed E-state index contributed by atoms with van der Waals surface area (Å²) in [4.78, 5) is 14.4. The van der Waals surface area contributed by atoms with Gasteiger partial charge in [-0.2, -0.15) is 0 Å². The molecule has 4 nitrogen and oxygen atoms in total. The monoisotopic (exact) mass is 340 g/mol. The maximum Gasteiger partial charge on any atom is 0.253 e. The first kappa shape index (κ1) is 19.8. The summed E-state index contributed by atoms with van der Waals surface area (Å²) in [6, 6.07) is 7.54. The highest BCUT2D eigenvalue weighted by molar-refractivity contribution is 5.94. The molecule has 0 saturated carbocycles. The number of benzene rings is 1. The molecule has 1 aromatic rings. The lowest BCUT2D eigenvalue weighted by molar-refractivity contribution is 0.0787. The van der Waals surface area contributed by atoms with Crippen molar-refractivity contribution in [3.63, 3.8) is 0 Å². The number of likely N-dealkylation sites (tertiary alicyclic amines) is 1. The molecular weight excluding hydrogens is 312 g/mol. The lowest BCUT2D eigenvalue weighted by Gasteiger charge is -2.17. The van der Waals surface area contributed by atoms with E-state index < -0.39 is 0 Å². The van der Waals surface area contributed by atoms with Crippen LogP contribution < -0.4 is 10.1 Å². The molecule has 0 radical (unpaired) electrons. The molecule has 0 spiro atoms. The van der Waals surface area contributed by atoms with E-state index in [1.54, 1.807) is 0 Å². The number of hydrogen-bond acceptors (Lipinski definition) is 3. The van der Waals surface area contributed by atoms with E-state index in [9.17, 15) is 4.79 Å². The molecule has 0 aromatic heterocycles. The average Bonchev–Trinajstić information content (AvgIpc) is 2.96. The Morgan fingerprint density at radius 3 is 2.65 bits per heavy atom. The third kappa shape index (κ3) is 6.04. The van der Waals surface area contributed by atoms with Crippen molar-refractivity contribution in [2.75, 3.05) is 33.3 Å². The van der Waals surface area contributed by atoms with Crippen LogP contribution in [0.2, 0.25) is 0 Å². The van der Waals surface area contributed by atoms with Crippen LogP contribution in [0.15, 0.2) is 24.3 Å². The zero-order chi connectivity index (χ0) is 15.9. The number of carbonyl (C=O) groups is 1. The smallest absolute Gasteiger partial charge is 0.253 e. The molecule has 1 fully saturated rings. The van der Waals surface area contributed by atoms with Gasteiger partial charge in [-0.15, -0.1) is 12.4 Å². The van der Waals surface area contributed by atoms with Crippen molar-refractivity contribution in [1.29, 1.82) is 0 Å². The van der Waals surface area contributed by atoms with Crippen LogP contribution in [0.5, 0.6) is 5.75 Å². The van der Waals surface area contributed by atoms with Gasteiger partial charge in [-0.25, -0.2) is 0 Å². The molecule has 1 aliphatic rings. The van der Waals surface area contributed by atoms with Crippen molar-refractivity contribution in [2.45, 2.75) is 26.7 Å². The van der Waals surface area contributed by atoms with E-state index in [1.807, 2.05) is 36.2 Å². The first-order chi connectivity index (χ1) is 10.6. The summed E-state index contributed by atoms with van der Waals surface area (Å²) in [5, 5.41) is 3.19. The normalized spacial score (nSPS) is 17.2. The third-order valence-electron chi connectivity index (χ3n) is 4.13. The number of carbonyl (C=O) groups excluding carboxylic acids is 1. The predicted molar refractivity (Wildman–Crippen MR) is 96.6 cm³/mol. The van der Waals surface area contributed by atoms with Crippen LogP contribution in [0.25, 0.3) is 0 Å². The molecule has 1 amide bonds. The van der Waals surface area contributed by atoms with E-state index in [0.29, 0.717) is 11.8 Å². The van der Waals surface area contributed by atoms with Crippen LogP contribution in [0.1, 0.15) is 37.0 Å². The van der Waals surface area contributed by atoms with Crippen LogP contribution in [-0.2, 0) is 0 Å². The van der Waals surface area contributed by atoms with E-state index >= 15 is 0 Å². The number of hydrogen-bond donors (Lipinski definition) is 1. The third-order valence-corrected chi connectivity index (χ3v) is 4.13. The topological polar surface area (TPSA) is 41.6 Å². The Labute approximate surface area is 146 Å². The van der Waals surface area contributed by atoms with E-state index in [2.05, 4.69) is 19.2 Å². The second-order valence-corrected chi connectivity index (χ2v) is 6.52. The Morgan fingerprint density at radius 1 is 1.35 bits per heavy atom. The number of nitrogens with one attached hydrogen (secondary N) is 1. The molecule has 1 atom stereocenters. The summed E-state index contributed by atoms with van der Waals surface area (Å²) in [6.07, 6.45) is 2.13. The van der Waals surface area contributed by atoms with Crippen molar-refractivity contribution in [2.24, 2.45) is 11.8 Å². The zero-order valence-electron chi connectivity index (χ0n) is 14.4. The van der Waals surface area contributed by atoms with E-state index in [1.165, 1.54) is 0 Å². The van der Waals surface area contributed by atoms with E-state index in [-0.39, 0.29) is 18.3 Å². The molecular formula is C18H29ClN2O2. The highest BCUT2D eigenvalue weighted by Gasteiger charge is 2.26. The van der Waals surface area contributed by atoms with Gasteiger partial charge in [-0.05, 0) is 62.5 Å². The maximum atomic E-state index is 12.5. The van der Waals surface area contributed by atoms with Crippen molar-refractivity contribution >= 4 is 18.3 Å². The minimum atomic E-state index is 0. The quantitative estimate of drug-likeness (QED) is 0.828. The number of amides is 1. The summed E-state index contributed by atoms with van der Waals surface area (Å²) in [5.74, 6) is 2.19. The highest BCUT2D eigenvalue weighted by Crippen LogP contribution is 2.20. The predicted octanol–water partition coefficient (Wildman–Crippen LogP) is 3.21. The van der Waals surface area contributed by atoms with Crippen LogP contribution >= 0.6 is 12.4 Å². The second kappa shape index (κ2) is 9.78. The molecule has 1 aliphatic heterocycles. The van der Waals surface area contributed by atoms with Crippen molar-refractivity contribution in [3.8, 4) is 5.75 Å². The van der Waals surface area contributed by atoms with Gasteiger partial charge in [0.15, 0.2) is 0 Å². The molecule has 5 heteroatoms. The van der Waals surface area contributed by atoms with Gasteiger partial charge in [-0.3, -0.25) is 4.79 Å². The largest absolute Gasteiger partial charge is 0.494 e. The molecule has 23 heavy (non-hydrogen) atoms. The number of nitrogens with zero attached hydrogens (tertiary/aromatic N) is 1. The Balaban J connectivity index is 0.00000264. The number of halogens is 1. The van der Waals surface area contributed by atoms with Crippen LogP contribution in [0.4, 0.5) is 0 Å². The lowest BCUT2D eigenvalue weighted by atomic mass is 10.1. The summed E-state index contributed by atoms with van der Waals surface area (Å²) in [6.45, 7) is 7.78. The van der Waals surface area contributed by atoms with E-state index in [4.69, 9.17) is 4.74 Å². The van der Waals surface area contributed by atoms with E-state index in [0.717, 1.165) is 50.4 Å². The second-order valence-electron chi connectivity index (χ2n) is 6.52. The SMILES string of the molecule is CNCC1CCN(C(=O)c2ccc(OCCC(C)C)cc2)C1.Cl. The fourth-order valence-electron chi connectivity index (χ4n) is 2.76. The molecule has 1 saturated heterocycles. The minimum Gasteiger partial charge on any atom is -0.494 e. The van der Waals surface area contributed by atoms with Gasteiger partial charge in [0.2, 0.25) is 0 Å². The van der Waals surface area contributed by atoms with Crippen LogP contribution in [0, 0.1) is 11.8 Å². The first-order valence-corrected chi connectivity index (χ1v) is 8.27. The van der Waals surface area contributed by atoms with Crippen LogP contribution in [0.3, 0.4) is 0 Å². The molecule has 1 aromatic carbocycles. The number of ether oxygens (including phenoxy) is 1. The Morgan fingerprint density at radius 2 is 2.04 bits per heavy atom. The summed E-state index contributed by atoms with van der Waals surface area (Å²) in [5.41, 5.74) is 0.751. The van der Waals surface area contributed by atoms with Gasteiger partial charge in [0, 0.05) is 18.7 Å². The van der Waals surface area contributed by atoms with Gasteiger partial charge < -0.3 is 15.0 Å². The fourth-order valence-corrected chi connectivity index (χ4v) is 2.76. The Bertz CT molecular complexity index is 476. The molecule has 130 valence electrons. The van der Waals surface area contributed by atoms with Crippen molar-refractivity contribution in [1.82, 2.24) is 10.2 Å². The minimum absolute atomic E-state index is 0. The molecule has 2 rings (SSSR count). The summed E-state index contributed by atoms with van der Waals surface area (Å²) >= 11 is 0. The number of rotatable bonds is 7. The summed E-state index contributed by atoms with van der Waals surface area (Å²) in [7, 11) is 1.96. The molecule has 0 aliphatic carbocycles. The van der Waals surface area contributed by atoms with Crippen molar-refractivity contribution < 1.29 is 9.53 Å². The first-order valence-electron chi connectivity index (χ1n) is 8.27. The molecule has 0 bridgehead atoms. The standard InChI is InChI=1S/C18H28N2O2.ClH/c1-14(2)9-11-22-17-6-4-16(5-7-17)18(21)20-10-8-15(13-20)12-19-3;/h4-7,14-15,19H,8-13H2,1-3H3;1H. The molecule has 1 N–H and O–H groups in total. The highest BCUT2D eigenvalue weighted by atomic mass is 35.5. The lowest BCUT2D eigenvalue weighted by Crippen LogP contribution is -2.30. The Kier molecular flexibility index (Phi) is 8.42. The van der Waals surface area contributed by atoms with Gasteiger partial charge in [0.05, 0.1) is 6.61 Å². The van der Waals surface area contributed by atoms with Gasteiger partial charge in [0.1, 0.15) is 5.75 Å². The van der Waals surface area contributed by atoms with Gasteiger partial charge in [-0.1, -0.05) is 13.8 Å². The Hall–Kier alpha value is -1.26. The van der Waals surface area contributed by atoms with Gasteiger partial charge in [0.25, 0.3) is 5.91 Å².